The minimum absolute atomic E-state index is 0.160. The number of anilines is 1. The lowest BCUT2D eigenvalue weighted by atomic mass is 9.96. The minimum Gasteiger partial charge on any atom is -0.364 e. The number of aromatic amines is 1. The van der Waals surface area contributed by atoms with Crippen molar-refractivity contribution in [1.82, 2.24) is 45.5 Å². The summed E-state index contributed by atoms with van der Waals surface area (Å²) in [6.45, 7) is 1.34. The molecule has 5 heterocycles. The van der Waals surface area contributed by atoms with E-state index in [2.05, 4.69) is 40.8 Å². The van der Waals surface area contributed by atoms with Crippen LogP contribution in [-0.4, -0.2) is 58.6 Å². The highest BCUT2D eigenvalue weighted by atomic mass is 19.1. The van der Waals surface area contributed by atoms with Gasteiger partial charge in [0.2, 0.25) is 0 Å². The molecule has 11 nitrogen and oxygen atoms in total. The maximum atomic E-state index is 14.8. The quantitative estimate of drug-likeness (QED) is 0.382. The third-order valence-corrected chi connectivity index (χ3v) is 6.26. The van der Waals surface area contributed by atoms with Gasteiger partial charge in [-0.2, -0.15) is 5.10 Å². The van der Waals surface area contributed by atoms with Crippen LogP contribution in [0, 0.1) is 11.6 Å². The summed E-state index contributed by atoms with van der Waals surface area (Å²) in [6.07, 6.45) is 4.10. The van der Waals surface area contributed by atoms with Gasteiger partial charge in [-0.15, -0.1) is 5.10 Å². The van der Waals surface area contributed by atoms with Crippen LogP contribution in [0.3, 0.4) is 0 Å². The van der Waals surface area contributed by atoms with Crippen molar-refractivity contribution < 1.29 is 13.3 Å². The number of nitrogens with one attached hydrogen (secondary N) is 1. The van der Waals surface area contributed by atoms with Gasteiger partial charge < -0.3 is 9.42 Å². The molecule has 1 N–H and O–H groups in total. The lowest BCUT2D eigenvalue weighted by Crippen LogP contribution is -2.34. The Balaban J connectivity index is 1.30. The molecule has 1 aliphatic rings. The Kier molecular flexibility index (Phi) is 5.64. The van der Waals surface area contributed by atoms with Gasteiger partial charge in [0.25, 0.3) is 0 Å². The molecule has 0 radical (unpaired) electrons. The fraction of sp³-hybridized carbons (Fsp3) is 0.261. The molecule has 1 aliphatic heterocycles. The highest BCUT2D eigenvalue weighted by Gasteiger charge is 2.26. The number of H-pyrrole nitrogens is 1. The van der Waals surface area contributed by atoms with Gasteiger partial charge in [-0.1, -0.05) is 23.4 Å². The summed E-state index contributed by atoms with van der Waals surface area (Å²) in [5.74, 6) is 0.524. The predicted molar refractivity (Wildman–Crippen MR) is 123 cm³/mol. The largest absolute Gasteiger partial charge is 0.364 e. The van der Waals surface area contributed by atoms with Crippen molar-refractivity contribution in [3.8, 4) is 22.9 Å². The summed E-state index contributed by atoms with van der Waals surface area (Å²) >= 11 is 0. The third kappa shape index (κ3) is 4.19. The zero-order chi connectivity index (χ0) is 24.5. The summed E-state index contributed by atoms with van der Waals surface area (Å²) in [6, 6.07) is 9.89. The van der Waals surface area contributed by atoms with E-state index in [1.54, 1.807) is 35.0 Å². The second-order valence-electron chi connectivity index (χ2n) is 8.46. The monoisotopic (exact) mass is 490 g/mol. The SMILES string of the molecule is Fc1ccccc1Cn1nc(-c2ncc(F)c(N3CCC(c4nnn[nH]4)CC3)n2)cc1-c1ccon1. The van der Waals surface area contributed by atoms with Crippen molar-refractivity contribution in [2.24, 2.45) is 0 Å². The van der Waals surface area contributed by atoms with Crippen molar-refractivity contribution >= 4 is 5.82 Å². The third-order valence-electron chi connectivity index (χ3n) is 6.26. The van der Waals surface area contributed by atoms with Crippen molar-refractivity contribution in [3.05, 3.63) is 71.9 Å². The molecule has 0 spiro atoms. The first kappa shape index (κ1) is 21.9. The Labute approximate surface area is 203 Å². The zero-order valence-electron chi connectivity index (χ0n) is 18.9. The normalized spacial score (nSPS) is 14.4. The van der Waals surface area contributed by atoms with Crippen molar-refractivity contribution in [2.45, 2.75) is 25.3 Å². The molecule has 182 valence electrons. The lowest BCUT2D eigenvalue weighted by molar-refractivity contribution is 0.421. The molecule has 1 fully saturated rings. The second kappa shape index (κ2) is 9.24. The Hall–Kier alpha value is -4.55. The number of benzene rings is 1. The number of rotatable bonds is 6. The standard InChI is InChI=1S/C23H20F2N10O/c24-16-4-2-1-3-15(16)13-35-20(18-7-10-36-31-18)11-19(30-35)22-26-12-17(25)23(27-22)34-8-5-14(6-9-34)21-28-32-33-29-21/h1-4,7,10-12,14H,5-6,8-9,13H2,(H,28,29,32,33). The van der Waals surface area contributed by atoms with Crippen LogP contribution in [0.1, 0.15) is 30.1 Å². The number of aromatic nitrogens is 9. The first-order valence-electron chi connectivity index (χ1n) is 11.4. The molecule has 0 bridgehead atoms. The summed E-state index contributed by atoms with van der Waals surface area (Å²) in [7, 11) is 0. The molecular weight excluding hydrogens is 470 g/mol. The van der Waals surface area contributed by atoms with Crippen LogP contribution < -0.4 is 4.90 Å². The molecule has 4 aromatic heterocycles. The smallest absolute Gasteiger partial charge is 0.183 e. The zero-order valence-corrected chi connectivity index (χ0v) is 18.9. The van der Waals surface area contributed by atoms with Crippen LogP contribution in [0.2, 0.25) is 0 Å². The van der Waals surface area contributed by atoms with E-state index < -0.39 is 5.82 Å². The summed E-state index contributed by atoms with van der Waals surface area (Å²) < 4.78 is 35.7. The fourth-order valence-electron chi connectivity index (χ4n) is 4.39. The molecule has 36 heavy (non-hydrogen) atoms. The molecule has 0 saturated carbocycles. The second-order valence-corrected chi connectivity index (χ2v) is 8.46. The molecule has 0 aliphatic carbocycles. The highest BCUT2D eigenvalue weighted by molar-refractivity contribution is 5.63. The van der Waals surface area contributed by atoms with E-state index in [1.807, 2.05) is 4.90 Å². The van der Waals surface area contributed by atoms with Crippen LogP contribution in [-0.2, 0) is 6.54 Å². The number of hydrogen-bond donors (Lipinski definition) is 1. The number of hydrogen-bond acceptors (Lipinski definition) is 9. The van der Waals surface area contributed by atoms with Gasteiger partial charge in [0.05, 0.1) is 18.4 Å². The first-order chi connectivity index (χ1) is 17.7. The maximum Gasteiger partial charge on any atom is 0.183 e. The van der Waals surface area contributed by atoms with Gasteiger partial charge in [-0.3, -0.25) is 4.68 Å². The average molecular weight is 490 g/mol. The number of piperidine rings is 1. The molecule has 0 amide bonds. The van der Waals surface area contributed by atoms with Gasteiger partial charge in [-0.05, 0) is 35.4 Å². The molecule has 0 unspecified atom stereocenters. The van der Waals surface area contributed by atoms with Crippen molar-refractivity contribution in [3.63, 3.8) is 0 Å². The van der Waals surface area contributed by atoms with Crippen LogP contribution in [0.25, 0.3) is 22.9 Å². The molecule has 1 aromatic carbocycles. The summed E-state index contributed by atoms with van der Waals surface area (Å²) in [4.78, 5) is 10.6. The Morgan fingerprint density at radius 3 is 2.67 bits per heavy atom. The van der Waals surface area contributed by atoms with Crippen LogP contribution in [0.15, 0.2) is 53.4 Å². The maximum absolute atomic E-state index is 14.8. The summed E-state index contributed by atoms with van der Waals surface area (Å²) in [5, 5.41) is 22.7. The first-order valence-corrected chi connectivity index (χ1v) is 11.4. The van der Waals surface area contributed by atoms with Gasteiger partial charge in [0.1, 0.15) is 23.5 Å². The van der Waals surface area contributed by atoms with Gasteiger partial charge in [0.15, 0.2) is 23.3 Å². The molecule has 0 atom stereocenters. The van der Waals surface area contributed by atoms with E-state index in [-0.39, 0.29) is 29.9 Å². The fourth-order valence-corrected chi connectivity index (χ4v) is 4.39. The van der Waals surface area contributed by atoms with Crippen molar-refractivity contribution in [1.29, 1.82) is 0 Å². The minimum atomic E-state index is -0.513. The van der Waals surface area contributed by atoms with Crippen LogP contribution >= 0.6 is 0 Å². The van der Waals surface area contributed by atoms with Crippen LogP contribution in [0.4, 0.5) is 14.6 Å². The Morgan fingerprint density at radius 1 is 1.06 bits per heavy atom. The van der Waals surface area contributed by atoms with Crippen molar-refractivity contribution in [2.75, 3.05) is 18.0 Å². The average Bonchev–Trinajstić information content (AvgIpc) is 3.68. The summed E-state index contributed by atoms with van der Waals surface area (Å²) in [5.41, 5.74) is 1.99. The van der Waals surface area contributed by atoms with E-state index in [1.165, 1.54) is 12.3 Å². The predicted octanol–water partition coefficient (Wildman–Crippen LogP) is 3.22. The Bertz CT molecular complexity index is 1460. The number of tetrazole rings is 1. The number of halogens is 2. The molecule has 5 aromatic rings. The van der Waals surface area contributed by atoms with Gasteiger partial charge >= 0.3 is 0 Å². The molecule has 6 rings (SSSR count). The number of nitrogens with zero attached hydrogens (tertiary/aromatic N) is 9. The molecule has 13 heteroatoms. The van der Waals surface area contributed by atoms with E-state index in [4.69, 9.17) is 4.52 Å². The Morgan fingerprint density at radius 2 is 1.92 bits per heavy atom. The van der Waals surface area contributed by atoms with E-state index in [0.717, 1.165) is 24.9 Å². The van der Waals surface area contributed by atoms with E-state index in [0.29, 0.717) is 35.7 Å². The van der Waals surface area contributed by atoms with Gasteiger partial charge in [-0.25, -0.2) is 23.8 Å². The van der Waals surface area contributed by atoms with Gasteiger partial charge in [0, 0.05) is 30.6 Å². The van der Waals surface area contributed by atoms with E-state index in [9.17, 15) is 8.78 Å². The molecular formula is C23H20F2N10O. The topological polar surface area (TPSA) is 127 Å². The lowest BCUT2D eigenvalue weighted by Gasteiger charge is -2.31. The van der Waals surface area contributed by atoms with E-state index >= 15 is 0 Å². The van der Waals surface area contributed by atoms with Crippen LogP contribution in [0.5, 0.6) is 0 Å². The highest BCUT2D eigenvalue weighted by Crippen LogP contribution is 2.30. The molecule has 1 saturated heterocycles.